The predicted molar refractivity (Wildman–Crippen MR) is 123 cm³/mol. The number of carbonyl (C=O) groups excluding carboxylic acids is 2. The Morgan fingerprint density at radius 3 is 2.52 bits per heavy atom. The molecule has 2 fully saturated rings. The topological polar surface area (TPSA) is 53.1 Å². The molecule has 2 saturated heterocycles. The van der Waals surface area contributed by atoms with Gasteiger partial charge < -0.3 is 9.64 Å². The molecule has 0 saturated carbocycles. The van der Waals surface area contributed by atoms with E-state index >= 15 is 0 Å². The monoisotopic (exact) mass is 427 g/mol. The summed E-state index contributed by atoms with van der Waals surface area (Å²) >= 11 is 0. The van der Waals surface area contributed by atoms with Gasteiger partial charge in [0.2, 0.25) is 0 Å². The zero-order valence-electron chi connectivity index (χ0n) is 19.7. The van der Waals surface area contributed by atoms with Crippen molar-refractivity contribution in [2.75, 3.05) is 33.3 Å². The van der Waals surface area contributed by atoms with E-state index in [1.807, 2.05) is 29.2 Å². The molecule has 170 valence electrons. The number of hydrogen-bond donors (Lipinski definition) is 0. The zero-order valence-corrected chi connectivity index (χ0v) is 19.7. The number of piperidine rings is 1. The minimum absolute atomic E-state index is 0.0362. The maximum atomic E-state index is 13.7. The van der Waals surface area contributed by atoms with Gasteiger partial charge in [-0.15, -0.1) is 0 Å². The van der Waals surface area contributed by atoms with Gasteiger partial charge in [-0.25, -0.2) is 4.79 Å². The van der Waals surface area contributed by atoms with Crippen LogP contribution in [0.15, 0.2) is 35.9 Å². The Balaban J connectivity index is 1.81. The van der Waals surface area contributed by atoms with Crippen molar-refractivity contribution in [1.82, 2.24) is 14.7 Å². The summed E-state index contributed by atoms with van der Waals surface area (Å²) in [5.41, 5.74) is 1.50. The Morgan fingerprint density at radius 2 is 1.90 bits per heavy atom. The highest BCUT2D eigenvalue weighted by Gasteiger charge is 2.57. The Morgan fingerprint density at radius 1 is 1.19 bits per heavy atom. The van der Waals surface area contributed by atoms with Crippen LogP contribution < -0.4 is 4.74 Å². The standard InChI is InChI=1S/C25H37N3O3/c1-19(2)9-13-26-15-11-25(12-16-26)23(29)27(24(30)28(25)14-10-20(3)4)18-21-7-6-8-22(17-21)31-5/h6-9,17,20H,10-16,18H2,1-5H3. The number of rotatable bonds is 8. The van der Waals surface area contributed by atoms with Crippen molar-refractivity contribution >= 4 is 11.9 Å². The minimum atomic E-state index is -0.702. The van der Waals surface area contributed by atoms with Crippen molar-refractivity contribution in [1.29, 1.82) is 0 Å². The first kappa shape index (κ1) is 23.3. The fourth-order valence-electron chi connectivity index (χ4n) is 4.47. The molecule has 0 radical (unpaired) electrons. The summed E-state index contributed by atoms with van der Waals surface area (Å²) in [7, 11) is 1.62. The summed E-state index contributed by atoms with van der Waals surface area (Å²) < 4.78 is 5.31. The van der Waals surface area contributed by atoms with Crippen LogP contribution in [0.3, 0.4) is 0 Å². The van der Waals surface area contributed by atoms with E-state index in [2.05, 4.69) is 38.7 Å². The molecule has 2 heterocycles. The summed E-state index contributed by atoms with van der Waals surface area (Å²) in [5, 5.41) is 0. The van der Waals surface area contributed by atoms with Crippen molar-refractivity contribution in [2.24, 2.45) is 5.92 Å². The number of urea groups is 1. The SMILES string of the molecule is COc1cccc(CN2C(=O)N(CCC(C)C)C3(CCN(CC=C(C)C)CC3)C2=O)c1. The summed E-state index contributed by atoms with van der Waals surface area (Å²) in [6.45, 7) is 12.0. The molecule has 1 spiro atoms. The second-order valence-corrected chi connectivity index (χ2v) is 9.47. The van der Waals surface area contributed by atoms with Gasteiger partial charge in [-0.1, -0.05) is 37.6 Å². The van der Waals surface area contributed by atoms with Gasteiger partial charge in [-0.2, -0.15) is 0 Å². The highest BCUT2D eigenvalue weighted by molar-refractivity contribution is 6.07. The van der Waals surface area contributed by atoms with Gasteiger partial charge in [0.25, 0.3) is 5.91 Å². The second kappa shape index (κ2) is 9.86. The van der Waals surface area contributed by atoms with E-state index < -0.39 is 5.54 Å². The number of nitrogens with zero attached hydrogens (tertiary/aromatic N) is 3. The quantitative estimate of drug-likeness (QED) is 0.458. The maximum Gasteiger partial charge on any atom is 0.327 e. The lowest BCUT2D eigenvalue weighted by molar-refractivity contribution is -0.136. The lowest BCUT2D eigenvalue weighted by Gasteiger charge is -2.42. The van der Waals surface area contributed by atoms with Gasteiger partial charge in [0.15, 0.2) is 0 Å². The molecule has 0 unspecified atom stereocenters. The molecule has 3 rings (SSSR count). The van der Waals surface area contributed by atoms with Gasteiger partial charge >= 0.3 is 6.03 Å². The van der Waals surface area contributed by atoms with Crippen LogP contribution in [0.2, 0.25) is 0 Å². The first-order chi connectivity index (χ1) is 14.8. The van der Waals surface area contributed by atoms with E-state index in [-0.39, 0.29) is 18.5 Å². The first-order valence-corrected chi connectivity index (χ1v) is 11.4. The summed E-state index contributed by atoms with van der Waals surface area (Å²) in [5.74, 6) is 1.17. The van der Waals surface area contributed by atoms with Crippen LogP contribution >= 0.6 is 0 Å². The molecule has 0 aromatic heterocycles. The summed E-state index contributed by atoms with van der Waals surface area (Å²) in [6.07, 6.45) is 4.52. The molecule has 0 N–H and O–H groups in total. The third kappa shape index (κ3) is 5.12. The third-order valence-electron chi connectivity index (χ3n) is 6.47. The van der Waals surface area contributed by atoms with E-state index in [0.29, 0.717) is 25.3 Å². The highest BCUT2D eigenvalue weighted by atomic mass is 16.5. The Kier molecular flexibility index (Phi) is 7.42. The number of amides is 3. The second-order valence-electron chi connectivity index (χ2n) is 9.47. The normalized spacial score (nSPS) is 18.9. The molecule has 0 aliphatic carbocycles. The number of ether oxygens (including phenoxy) is 1. The first-order valence-electron chi connectivity index (χ1n) is 11.4. The maximum absolute atomic E-state index is 13.7. The number of allylic oxidation sites excluding steroid dienone is 1. The van der Waals surface area contributed by atoms with Crippen LogP contribution in [-0.2, 0) is 11.3 Å². The minimum Gasteiger partial charge on any atom is -0.497 e. The van der Waals surface area contributed by atoms with Crippen LogP contribution in [0.4, 0.5) is 4.79 Å². The molecule has 1 aromatic rings. The molecule has 2 aliphatic heterocycles. The number of hydrogen-bond acceptors (Lipinski definition) is 4. The molecule has 6 nitrogen and oxygen atoms in total. The molecular formula is C25H37N3O3. The Bertz CT molecular complexity index is 821. The number of benzene rings is 1. The molecule has 1 aromatic carbocycles. The molecule has 2 aliphatic rings. The van der Waals surface area contributed by atoms with Crippen molar-refractivity contribution in [3.63, 3.8) is 0 Å². The van der Waals surface area contributed by atoms with Gasteiger partial charge in [0.1, 0.15) is 11.3 Å². The fraction of sp³-hybridized carbons (Fsp3) is 0.600. The molecule has 3 amide bonds. The Hall–Kier alpha value is -2.34. The Labute approximate surface area is 186 Å². The van der Waals surface area contributed by atoms with E-state index in [9.17, 15) is 9.59 Å². The largest absolute Gasteiger partial charge is 0.497 e. The van der Waals surface area contributed by atoms with Crippen LogP contribution in [0.1, 0.15) is 52.5 Å². The summed E-state index contributed by atoms with van der Waals surface area (Å²) in [4.78, 5) is 32.8. The highest BCUT2D eigenvalue weighted by Crippen LogP contribution is 2.38. The van der Waals surface area contributed by atoms with Crippen molar-refractivity contribution < 1.29 is 14.3 Å². The lowest BCUT2D eigenvalue weighted by atomic mass is 9.85. The van der Waals surface area contributed by atoms with Gasteiger partial charge in [0, 0.05) is 26.2 Å². The molecule has 31 heavy (non-hydrogen) atoms. The van der Waals surface area contributed by atoms with Crippen molar-refractivity contribution in [3.05, 3.63) is 41.5 Å². The number of likely N-dealkylation sites (tertiary alicyclic amines) is 1. The average molecular weight is 428 g/mol. The fourth-order valence-corrected chi connectivity index (χ4v) is 4.47. The number of methoxy groups -OCH3 is 1. The lowest BCUT2D eigenvalue weighted by Crippen LogP contribution is -2.56. The number of carbonyl (C=O) groups is 2. The molecular weight excluding hydrogens is 390 g/mol. The van der Waals surface area contributed by atoms with E-state index in [4.69, 9.17) is 4.74 Å². The van der Waals surface area contributed by atoms with Crippen molar-refractivity contribution in [2.45, 2.75) is 59.0 Å². The van der Waals surface area contributed by atoms with E-state index in [1.54, 1.807) is 7.11 Å². The van der Waals surface area contributed by atoms with Crippen LogP contribution in [0.5, 0.6) is 5.75 Å². The molecule has 6 heteroatoms. The third-order valence-corrected chi connectivity index (χ3v) is 6.47. The molecule has 0 bridgehead atoms. The van der Waals surface area contributed by atoms with Gasteiger partial charge in [-0.05, 0) is 56.7 Å². The number of imide groups is 1. The van der Waals surface area contributed by atoms with Crippen LogP contribution in [0, 0.1) is 5.92 Å². The summed E-state index contributed by atoms with van der Waals surface area (Å²) in [6, 6.07) is 7.45. The van der Waals surface area contributed by atoms with Gasteiger partial charge in [0.05, 0.1) is 13.7 Å². The van der Waals surface area contributed by atoms with Crippen LogP contribution in [0.25, 0.3) is 0 Å². The average Bonchev–Trinajstić information content (AvgIpc) is 2.93. The van der Waals surface area contributed by atoms with Crippen molar-refractivity contribution in [3.8, 4) is 5.75 Å². The smallest absolute Gasteiger partial charge is 0.327 e. The predicted octanol–water partition coefficient (Wildman–Crippen LogP) is 4.31. The van der Waals surface area contributed by atoms with Gasteiger partial charge in [-0.3, -0.25) is 14.6 Å². The van der Waals surface area contributed by atoms with E-state index in [0.717, 1.165) is 37.4 Å². The zero-order chi connectivity index (χ0) is 22.6. The molecule has 0 atom stereocenters. The van der Waals surface area contributed by atoms with Crippen LogP contribution in [-0.4, -0.2) is 65.5 Å². The van der Waals surface area contributed by atoms with E-state index in [1.165, 1.54) is 10.5 Å².